The maximum atomic E-state index is 7.08. The zero-order chi connectivity index (χ0) is 9.00. The minimum absolute atomic E-state index is 0. The summed E-state index contributed by atoms with van der Waals surface area (Å²) in [4.78, 5) is 0. The van der Waals surface area contributed by atoms with Gasteiger partial charge in [0.2, 0.25) is 0 Å². The van der Waals surface area contributed by atoms with Gasteiger partial charge in [-0.2, -0.15) is 0 Å². The first-order valence-corrected chi connectivity index (χ1v) is 10.5. The zero-order valence-corrected chi connectivity index (χ0v) is 13.7. The van der Waals surface area contributed by atoms with Crippen LogP contribution in [-0.4, -0.2) is 16.5 Å². The number of hydrogen-bond acceptors (Lipinski definition) is 0. The van der Waals surface area contributed by atoms with E-state index < -0.39 is 16.5 Å². The third-order valence-electron chi connectivity index (χ3n) is 0. The molecule has 0 atom stereocenters. The van der Waals surface area contributed by atoms with E-state index in [0.717, 1.165) is 0 Å². The Bertz CT molecular complexity index is 61.6. The van der Waals surface area contributed by atoms with E-state index in [0.29, 0.717) is 0 Å². The molecule has 0 aromatic heterocycles. The Morgan fingerprint density at radius 1 is 0.636 bits per heavy atom. The van der Waals surface area contributed by atoms with Crippen molar-refractivity contribution in [3.05, 3.63) is 10.8 Å². The Kier molecular flexibility index (Phi) is 10.6. The quantitative estimate of drug-likeness (QED) is 0.580. The van der Waals surface area contributed by atoms with Crippen LogP contribution in [0.25, 0.3) is 10.8 Å². The summed E-state index contributed by atoms with van der Waals surface area (Å²) in [6, 6.07) is 0. The fourth-order valence-corrected chi connectivity index (χ4v) is 0. The molecule has 0 aliphatic heterocycles. The van der Waals surface area contributed by atoms with Crippen molar-refractivity contribution in [2.75, 3.05) is 0 Å². The fourth-order valence-electron chi connectivity index (χ4n) is 0. The van der Waals surface area contributed by atoms with Crippen LogP contribution in [0, 0.1) is 0 Å². The van der Waals surface area contributed by atoms with E-state index in [9.17, 15) is 0 Å². The molecular formula is C6H20N2Si2Zn. The second kappa shape index (κ2) is 6.49. The smallest absolute Gasteiger partial charge is 0.680 e. The van der Waals surface area contributed by atoms with Gasteiger partial charge in [0.1, 0.15) is 0 Å². The van der Waals surface area contributed by atoms with Gasteiger partial charge in [0.15, 0.2) is 0 Å². The molecule has 0 saturated carbocycles. The second-order valence-corrected chi connectivity index (χ2v) is 13.5. The summed E-state index contributed by atoms with van der Waals surface area (Å²) in [6.45, 7) is 12.0. The van der Waals surface area contributed by atoms with Crippen LogP contribution in [0.1, 0.15) is 0 Å². The van der Waals surface area contributed by atoms with Gasteiger partial charge in [-0.15, -0.1) is 0 Å². The summed E-state index contributed by atoms with van der Waals surface area (Å²) in [5.41, 5.74) is 0. The Hall–Kier alpha value is 0.977. The predicted octanol–water partition coefficient (Wildman–Crippen LogP) is 3.74. The van der Waals surface area contributed by atoms with E-state index in [2.05, 4.69) is 0 Å². The maximum absolute atomic E-state index is 7.08. The van der Waals surface area contributed by atoms with Gasteiger partial charge < -0.3 is 10.8 Å². The molecule has 0 heterocycles. The molecule has 2 N–H and O–H groups in total. The summed E-state index contributed by atoms with van der Waals surface area (Å²) < 4.78 is 0. The van der Waals surface area contributed by atoms with Gasteiger partial charge in [-0.05, 0) is 0 Å². The van der Waals surface area contributed by atoms with E-state index in [4.69, 9.17) is 10.8 Å². The first-order chi connectivity index (χ1) is 4.00. The second-order valence-electron chi connectivity index (χ2n) is 4.50. The molecule has 0 saturated heterocycles. The van der Waals surface area contributed by atoms with Crippen molar-refractivity contribution in [3.63, 3.8) is 0 Å². The van der Waals surface area contributed by atoms with Crippen molar-refractivity contribution in [2.45, 2.75) is 39.3 Å². The monoisotopic (exact) mass is 240 g/mol. The van der Waals surface area contributed by atoms with Gasteiger partial charge in [0.05, 0.1) is 0 Å². The van der Waals surface area contributed by atoms with Crippen LogP contribution in [0.15, 0.2) is 0 Å². The summed E-state index contributed by atoms with van der Waals surface area (Å²) >= 11 is 0. The van der Waals surface area contributed by atoms with Crippen molar-refractivity contribution in [1.29, 1.82) is 0 Å². The molecule has 0 spiro atoms. The van der Waals surface area contributed by atoms with E-state index in [1.54, 1.807) is 0 Å². The average molecular weight is 242 g/mol. The van der Waals surface area contributed by atoms with Crippen molar-refractivity contribution in [1.82, 2.24) is 0 Å². The molecule has 0 unspecified atom stereocenters. The molecule has 11 heavy (non-hydrogen) atoms. The Labute approximate surface area is 86.1 Å². The summed E-state index contributed by atoms with van der Waals surface area (Å²) in [5, 5.41) is 14.2. The van der Waals surface area contributed by atoms with Crippen LogP contribution in [0.3, 0.4) is 0 Å². The zero-order valence-electron chi connectivity index (χ0n) is 8.71. The van der Waals surface area contributed by atoms with Gasteiger partial charge in [-0.1, -0.05) is 55.8 Å². The summed E-state index contributed by atoms with van der Waals surface area (Å²) in [7, 11) is -2.72. The molecule has 0 aliphatic carbocycles. The minimum atomic E-state index is -1.36. The molecule has 0 aliphatic rings. The molecule has 0 rings (SSSR count). The molecule has 0 radical (unpaired) electrons. The van der Waals surface area contributed by atoms with Crippen LogP contribution in [0.2, 0.25) is 39.3 Å². The van der Waals surface area contributed by atoms with Crippen LogP contribution in [0.4, 0.5) is 0 Å². The molecule has 5 heteroatoms. The van der Waals surface area contributed by atoms with Gasteiger partial charge in [0.25, 0.3) is 0 Å². The van der Waals surface area contributed by atoms with Crippen molar-refractivity contribution in [2.24, 2.45) is 0 Å². The number of rotatable bonds is 0. The van der Waals surface area contributed by atoms with Gasteiger partial charge >= 0.3 is 19.5 Å². The SMILES string of the molecule is C[Si](C)(C)[NH-].C[Si](C)(C)[NH-].[Zn+2]. The van der Waals surface area contributed by atoms with Crippen molar-refractivity contribution >= 4 is 16.5 Å². The fraction of sp³-hybridized carbons (Fsp3) is 1.00. The van der Waals surface area contributed by atoms with Crippen LogP contribution in [0.5, 0.6) is 0 Å². The standard InChI is InChI=1S/2C3H10NSi.Zn/c2*1-5(2,3)4;/h2*4H,1-3H3;/q2*-1;+2. The molecular weight excluding hydrogens is 222 g/mol. The first-order valence-electron chi connectivity index (χ1n) is 3.50. The van der Waals surface area contributed by atoms with E-state index in [1.807, 2.05) is 39.3 Å². The molecule has 64 valence electrons. The Morgan fingerprint density at radius 3 is 0.636 bits per heavy atom. The third kappa shape index (κ3) is 927. The van der Waals surface area contributed by atoms with E-state index in [1.165, 1.54) is 0 Å². The third-order valence-corrected chi connectivity index (χ3v) is 0. The predicted molar refractivity (Wildman–Crippen MR) is 55.3 cm³/mol. The molecule has 0 amide bonds. The number of hydrogen-bond donors (Lipinski definition) is 0. The summed E-state index contributed by atoms with van der Waals surface area (Å²) in [6.07, 6.45) is 0. The van der Waals surface area contributed by atoms with E-state index in [-0.39, 0.29) is 19.5 Å². The van der Waals surface area contributed by atoms with E-state index >= 15 is 0 Å². The Balaban J connectivity index is -0.000000107. The largest absolute Gasteiger partial charge is 2.00 e. The van der Waals surface area contributed by atoms with Crippen molar-refractivity contribution in [3.8, 4) is 0 Å². The molecule has 0 fully saturated rings. The van der Waals surface area contributed by atoms with Gasteiger partial charge in [0, 0.05) is 0 Å². The van der Waals surface area contributed by atoms with Gasteiger partial charge in [-0.3, -0.25) is 0 Å². The first kappa shape index (κ1) is 17.9. The Morgan fingerprint density at radius 2 is 0.636 bits per heavy atom. The average Bonchev–Trinajstić information content (AvgIpc) is 1.12. The summed E-state index contributed by atoms with van der Waals surface area (Å²) in [5.74, 6) is 0. The van der Waals surface area contributed by atoms with Crippen LogP contribution in [-0.2, 0) is 19.5 Å². The normalized spacial score (nSPS) is 10.9. The minimum Gasteiger partial charge on any atom is -0.680 e. The van der Waals surface area contributed by atoms with Crippen LogP contribution < -0.4 is 0 Å². The van der Waals surface area contributed by atoms with Crippen LogP contribution >= 0.6 is 0 Å². The topological polar surface area (TPSA) is 47.6 Å². The molecule has 0 bridgehead atoms. The molecule has 0 aromatic carbocycles. The molecule has 2 nitrogen and oxygen atoms in total. The van der Waals surface area contributed by atoms with Crippen molar-refractivity contribution < 1.29 is 19.5 Å². The molecule has 0 aromatic rings. The van der Waals surface area contributed by atoms with Gasteiger partial charge in [-0.25, -0.2) is 0 Å². The maximum Gasteiger partial charge on any atom is 2.00 e. The number of nitrogens with one attached hydrogen (secondary N) is 2.